The summed E-state index contributed by atoms with van der Waals surface area (Å²) in [4.78, 5) is 32.8. The van der Waals surface area contributed by atoms with Gasteiger partial charge < -0.3 is 29.8 Å². The lowest BCUT2D eigenvalue weighted by molar-refractivity contribution is -0.274. The first-order valence-corrected chi connectivity index (χ1v) is 15.9. The summed E-state index contributed by atoms with van der Waals surface area (Å²) in [6, 6.07) is 9.11. The molecular formula is C32H30F4N4O5S. The van der Waals surface area contributed by atoms with Gasteiger partial charge in [-0.3, -0.25) is 9.59 Å². The van der Waals surface area contributed by atoms with Crippen molar-refractivity contribution in [1.82, 2.24) is 9.97 Å². The highest BCUT2D eigenvalue weighted by Gasteiger charge is 2.43. The molecule has 14 heteroatoms. The molecule has 1 saturated carbocycles. The zero-order chi connectivity index (χ0) is 32.2. The number of H-pyrrole nitrogens is 1. The van der Waals surface area contributed by atoms with Crippen molar-refractivity contribution >= 4 is 44.2 Å². The van der Waals surface area contributed by atoms with Crippen molar-refractivity contribution in [3.05, 3.63) is 59.7 Å². The minimum Gasteiger partial charge on any atom is -0.481 e. The van der Waals surface area contributed by atoms with Gasteiger partial charge >= 0.3 is 12.3 Å². The van der Waals surface area contributed by atoms with E-state index in [1.165, 1.54) is 23.5 Å². The fourth-order valence-electron chi connectivity index (χ4n) is 6.78. The van der Waals surface area contributed by atoms with Gasteiger partial charge in [-0.1, -0.05) is 29.5 Å². The van der Waals surface area contributed by atoms with E-state index >= 15 is 0 Å². The van der Waals surface area contributed by atoms with E-state index in [0.717, 1.165) is 55.8 Å². The van der Waals surface area contributed by atoms with Crippen molar-refractivity contribution in [2.45, 2.75) is 82.0 Å². The third kappa shape index (κ3) is 6.27. The maximum absolute atomic E-state index is 15.0. The number of amides is 1. The molecular weight excluding hydrogens is 628 g/mol. The number of carbonyl (C=O) groups excluding carboxylic acids is 1. The van der Waals surface area contributed by atoms with E-state index < -0.39 is 30.5 Å². The molecule has 1 aliphatic carbocycles. The van der Waals surface area contributed by atoms with E-state index in [2.05, 4.69) is 24.9 Å². The highest BCUT2D eigenvalue weighted by atomic mass is 32.1. The number of nitrogens with zero attached hydrogens (tertiary/aromatic N) is 2. The molecule has 2 saturated heterocycles. The number of piperidine rings is 1. The third-order valence-corrected chi connectivity index (χ3v) is 9.83. The quantitative estimate of drug-likeness (QED) is 0.121. The van der Waals surface area contributed by atoms with Crippen molar-refractivity contribution in [2.75, 3.05) is 10.2 Å². The second-order valence-electron chi connectivity index (χ2n) is 12.0. The van der Waals surface area contributed by atoms with Crippen molar-refractivity contribution < 1.29 is 41.7 Å². The van der Waals surface area contributed by atoms with Gasteiger partial charge in [-0.25, -0.2) is 9.37 Å². The van der Waals surface area contributed by atoms with Crippen LogP contribution in [0.5, 0.6) is 5.75 Å². The van der Waals surface area contributed by atoms with Crippen LogP contribution in [-0.4, -0.2) is 51.5 Å². The number of hydrogen-bond acceptors (Lipinski definition) is 7. The zero-order valence-corrected chi connectivity index (χ0v) is 25.2. The lowest BCUT2D eigenvalue weighted by atomic mass is 9.99. The highest BCUT2D eigenvalue weighted by molar-refractivity contribution is 7.22. The predicted octanol–water partition coefficient (Wildman–Crippen LogP) is 7.34. The summed E-state index contributed by atoms with van der Waals surface area (Å²) < 4.78 is 65.9. The molecule has 2 aliphatic heterocycles. The Labute approximate surface area is 264 Å². The minimum absolute atomic E-state index is 0.0765. The second-order valence-corrected chi connectivity index (χ2v) is 13.0. The molecule has 2 aromatic heterocycles. The first-order chi connectivity index (χ1) is 22.0. The van der Waals surface area contributed by atoms with Gasteiger partial charge in [0.2, 0.25) is 5.91 Å². The molecule has 7 rings (SSSR count). The van der Waals surface area contributed by atoms with Crippen LogP contribution in [0.15, 0.2) is 42.6 Å². The monoisotopic (exact) mass is 658 g/mol. The molecule has 4 aromatic rings. The van der Waals surface area contributed by atoms with Crippen LogP contribution in [0, 0.1) is 5.82 Å². The number of hydrogen-bond donors (Lipinski definition) is 3. The van der Waals surface area contributed by atoms with Crippen molar-refractivity contribution in [2.24, 2.45) is 0 Å². The molecule has 242 valence electrons. The Hall–Kier alpha value is -4.17. The van der Waals surface area contributed by atoms with Crippen molar-refractivity contribution in [3.8, 4) is 16.9 Å². The molecule has 3 aliphatic rings. The van der Waals surface area contributed by atoms with Crippen LogP contribution in [0.2, 0.25) is 0 Å². The number of para-hydroxylation sites is 1. The number of anilines is 2. The van der Waals surface area contributed by atoms with Crippen LogP contribution in [0.25, 0.3) is 21.3 Å². The number of aliphatic carboxylic acids is 1. The standard InChI is InChI=1S/C32H30F4N4O5S/c33-24-9-17(38-27(41)13-28(42)43)10-26-30(24)39-31(46-26)40-18-7-8-19(40)12-20(11-18)44-15-23-22(14-37-29(23)16-5-6-16)21-3-1-2-4-25(21)45-32(34,35)36/h1-4,9-10,14,16,18-20,37H,5-8,11-13,15H2,(H,38,41)(H,42,43). The van der Waals surface area contributed by atoms with Crippen molar-refractivity contribution in [3.63, 3.8) is 0 Å². The Kier molecular flexibility index (Phi) is 7.87. The molecule has 1 amide bonds. The first kappa shape index (κ1) is 30.5. The number of rotatable bonds is 10. The van der Waals surface area contributed by atoms with Crippen LogP contribution < -0.4 is 15.0 Å². The summed E-state index contributed by atoms with van der Waals surface area (Å²) in [6.45, 7) is 0.248. The Bertz CT molecular complexity index is 1790. The molecule has 9 nitrogen and oxygen atoms in total. The Morgan fingerprint density at radius 2 is 1.83 bits per heavy atom. The number of halogens is 4. The van der Waals surface area contributed by atoms with Crippen molar-refractivity contribution in [1.29, 1.82) is 0 Å². The number of carboxylic acids is 1. The fourth-order valence-corrected chi connectivity index (χ4v) is 7.95. The highest BCUT2D eigenvalue weighted by Crippen LogP contribution is 2.47. The van der Waals surface area contributed by atoms with Gasteiger partial charge in [0.05, 0.1) is 17.4 Å². The van der Waals surface area contributed by atoms with Gasteiger partial charge in [0, 0.05) is 46.4 Å². The van der Waals surface area contributed by atoms with E-state index in [4.69, 9.17) is 9.84 Å². The number of thiazole rings is 1. The summed E-state index contributed by atoms with van der Waals surface area (Å²) in [5, 5.41) is 11.9. The number of ether oxygens (including phenoxy) is 2. The lowest BCUT2D eigenvalue weighted by Gasteiger charge is -2.38. The minimum atomic E-state index is -4.81. The lowest BCUT2D eigenvalue weighted by Crippen LogP contribution is -2.45. The van der Waals surface area contributed by atoms with E-state index in [1.54, 1.807) is 24.4 Å². The normalized spacial score (nSPS) is 21.1. The molecule has 2 atom stereocenters. The zero-order valence-electron chi connectivity index (χ0n) is 24.4. The van der Waals surface area contributed by atoms with Gasteiger partial charge in [-0.2, -0.15) is 0 Å². The first-order valence-electron chi connectivity index (χ1n) is 15.1. The maximum atomic E-state index is 15.0. The van der Waals surface area contributed by atoms with Crippen LogP contribution >= 0.6 is 11.3 Å². The molecule has 46 heavy (non-hydrogen) atoms. The molecule has 2 bridgehead atoms. The SMILES string of the molecule is O=C(O)CC(=O)Nc1cc(F)c2nc(N3C4CCC3CC(OCc3c(-c5ccccc5OC(F)(F)F)c[nH]c3C3CC3)C4)sc2c1. The molecule has 4 heterocycles. The molecule has 0 spiro atoms. The Balaban J connectivity index is 1.07. The van der Waals surface area contributed by atoms with E-state index in [1.807, 2.05) is 0 Å². The average Bonchev–Trinajstić information content (AvgIpc) is 3.49. The number of carboxylic acid groups (broad SMARTS) is 1. The topological polar surface area (TPSA) is 117 Å². The van der Waals surface area contributed by atoms with E-state index in [-0.39, 0.29) is 41.7 Å². The van der Waals surface area contributed by atoms with Gasteiger partial charge in [-0.05, 0) is 62.6 Å². The summed E-state index contributed by atoms with van der Waals surface area (Å²) in [7, 11) is 0. The molecule has 2 unspecified atom stereocenters. The molecule has 0 radical (unpaired) electrons. The largest absolute Gasteiger partial charge is 0.573 e. The van der Waals surface area contributed by atoms with Crippen LogP contribution in [0.1, 0.15) is 62.1 Å². The van der Waals surface area contributed by atoms with Crippen LogP contribution in [0.3, 0.4) is 0 Å². The molecule has 2 aromatic carbocycles. The number of benzene rings is 2. The number of aromatic nitrogens is 2. The summed E-state index contributed by atoms with van der Waals surface area (Å²) in [6.07, 6.45) is 1.43. The van der Waals surface area contributed by atoms with E-state index in [9.17, 15) is 27.2 Å². The average molecular weight is 659 g/mol. The molecule has 3 fully saturated rings. The van der Waals surface area contributed by atoms with Gasteiger partial charge in [0.15, 0.2) is 10.9 Å². The summed E-state index contributed by atoms with van der Waals surface area (Å²) in [5.74, 6) is -2.56. The summed E-state index contributed by atoms with van der Waals surface area (Å²) >= 11 is 1.32. The number of fused-ring (bicyclic) bond motifs is 3. The van der Waals surface area contributed by atoms with Gasteiger partial charge in [-0.15, -0.1) is 13.2 Å². The Morgan fingerprint density at radius 3 is 2.52 bits per heavy atom. The number of nitrogens with one attached hydrogen (secondary N) is 2. The Morgan fingerprint density at radius 1 is 1.09 bits per heavy atom. The second kappa shape index (κ2) is 11.9. The van der Waals surface area contributed by atoms with Gasteiger partial charge in [0.25, 0.3) is 0 Å². The fraction of sp³-hybridized carbons (Fsp3) is 0.406. The number of alkyl halides is 3. The predicted molar refractivity (Wildman–Crippen MR) is 162 cm³/mol. The van der Waals surface area contributed by atoms with E-state index in [0.29, 0.717) is 26.9 Å². The number of aromatic amines is 1. The van der Waals surface area contributed by atoms with Crippen LogP contribution in [0.4, 0.5) is 28.4 Å². The maximum Gasteiger partial charge on any atom is 0.573 e. The third-order valence-electron chi connectivity index (χ3n) is 8.82. The molecule has 3 N–H and O–H groups in total. The van der Waals surface area contributed by atoms with Crippen LogP contribution in [-0.2, 0) is 20.9 Å². The summed E-state index contributed by atoms with van der Waals surface area (Å²) in [5.41, 5.74) is 3.19. The number of carbonyl (C=O) groups is 2. The van der Waals surface area contributed by atoms with Gasteiger partial charge in [0.1, 0.15) is 17.7 Å². The smallest absolute Gasteiger partial charge is 0.481 e.